The summed E-state index contributed by atoms with van der Waals surface area (Å²) in [6, 6.07) is 8.67. The van der Waals surface area contributed by atoms with Crippen LogP contribution in [0.3, 0.4) is 0 Å². The first kappa shape index (κ1) is 12.4. The van der Waals surface area contributed by atoms with E-state index in [2.05, 4.69) is 36.4 Å². The van der Waals surface area contributed by atoms with Crippen LogP contribution in [0.5, 0.6) is 0 Å². The van der Waals surface area contributed by atoms with Crippen molar-refractivity contribution in [2.75, 3.05) is 0 Å². The Balaban J connectivity index is 2.20. The summed E-state index contributed by atoms with van der Waals surface area (Å²) in [5.74, 6) is 0. The van der Waals surface area contributed by atoms with E-state index in [1.807, 2.05) is 18.3 Å². The minimum absolute atomic E-state index is 0.981. The van der Waals surface area contributed by atoms with Crippen LogP contribution < -0.4 is 9.75 Å². The predicted octanol–water partition coefficient (Wildman–Crippen LogP) is 3.61. The molecule has 0 radical (unpaired) electrons. The molecule has 0 bridgehead atoms. The van der Waals surface area contributed by atoms with Gasteiger partial charge in [-0.15, -0.1) is 11.3 Å². The molecule has 0 saturated carbocycles. The molecule has 1 aromatic carbocycles. The summed E-state index contributed by atoms with van der Waals surface area (Å²) in [4.78, 5) is 0. The van der Waals surface area contributed by atoms with E-state index in [4.69, 9.17) is 5.41 Å². The molecule has 3 rings (SSSR count). The third-order valence-corrected chi connectivity index (χ3v) is 4.94. The molecule has 0 atom stereocenters. The van der Waals surface area contributed by atoms with E-state index in [0.717, 1.165) is 24.8 Å². The molecule has 1 N–H and O–H groups in total. The number of thiophene rings is 1. The van der Waals surface area contributed by atoms with Gasteiger partial charge in [0.1, 0.15) is 0 Å². The van der Waals surface area contributed by atoms with E-state index in [0.29, 0.717) is 0 Å². The van der Waals surface area contributed by atoms with Gasteiger partial charge in [0.2, 0.25) is 0 Å². The number of benzene rings is 1. The van der Waals surface area contributed by atoms with Crippen LogP contribution in [0.15, 0.2) is 35.9 Å². The van der Waals surface area contributed by atoms with Gasteiger partial charge in [0.05, 0.1) is 0 Å². The lowest BCUT2D eigenvalue weighted by atomic mass is 10.00. The maximum atomic E-state index is 7.25. The monoisotopic (exact) mass is 267 g/mol. The van der Waals surface area contributed by atoms with E-state index < -0.39 is 0 Å². The van der Waals surface area contributed by atoms with Crippen LogP contribution in [0.4, 0.5) is 0 Å². The molecule has 2 aromatic rings. The van der Waals surface area contributed by atoms with Gasteiger partial charge in [-0.2, -0.15) is 0 Å². The summed E-state index contributed by atoms with van der Waals surface area (Å²) in [6.07, 6.45) is 9.25. The second-order valence-corrected chi connectivity index (χ2v) is 6.04. The second-order valence-electron chi connectivity index (χ2n) is 4.98. The summed E-state index contributed by atoms with van der Waals surface area (Å²) >= 11 is 1.91. The molecule has 0 unspecified atom stereocenters. The fourth-order valence-electron chi connectivity index (χ4n) is 2.57. The Morgan fingerprint density at radius 3 is 3.05 bits per heavy atom. The number of rotatable bonds is 3. The zero-order valence-electron chi connectivity index (χ0n) is 11.1. The highest BCUT2D eigenvalue weighted by Crippen LogP contribution is 2.20. The molecular weight excluding hydrogens is 250 g/mol. The van der Waals surface area contributed by atoms with Gasteiger partial charge in [0, 0.05) is 15.4 Å². The maximum Gasteiger partial charge on any atom is 0.0355 e. The lowest BCUT2D eigenvalue weighted by Gasteiger charge is -2.06. The standard InChI is InChI=1S/C17H17NS/c1-12(11-18)9-10-13-5-4-7-15-14-6-2-3-8-16(14)19-17(13)15/h2-3,6-9,11,18H,4-5,10H2,1H3/b12-9-,18-11?. The molecule has 0 saturated heterocycles. The molecule has 2 heteroatoms. The topological polar surface area (TPSA) is 23.9 Å². The molecular formula is C17H17NS. The van der Waals surface area contributed by atoms with Gasteiger partial charge < -0.3 is 5.41 Å². The SMILES string of the molecule is C/C(C=N)=C/CC1=c2sc3ccccc3c2=CCC1. The molecule has 1 aromatic heterocycles. The van der Waals surface area contributed by atoms with Crippen molar-refractivity contribution >= 4 is 39.3 Å². The van der Waals surface area contributed by atoms with Crippen molar-refractivity contribution < 1.29 is 0 Å². The van der Waals surface area contributed by atoms with Crippen LogP contribution in [-0.2, 0) is 0 Å². The number of hydrogen-bond donors (Lipinski definition) is 1. The summed E-state index contributed by atoms with van der Waals surface area (Å²) in [5.41, 5.74) is 2.57. The third-order valence-electron chi connectivity index (χ3n) is 3.65. The van der Waals surface area contributed by atoms with Crippen molar-refractivity contribution in [2.24, 2.45) is 0 Å². The molecule has 0 fully saturated rings. The van der Waals surface area contributed by atoms with Gasteiger partial charge in [0.15, 0.2) is 0 Å². The Labute approximate surface area is 117 Å². The van der Waals surface area contributed by atoms with Gasteiger partial charge in [-0.25, -0.2) is 0 Å². The van der Waals surface area contributed by atoms with Crippen LogP contribution in [0.2, 0.25) is 0 Å². The van der Waals surface area contributed by atoms with Crippen LogP contribution in [-0.4, -0.2) is 6.21 Å². The summed E-state index contributed by atoms with van der Waals surface area (Å²) in [6.45, 7) is 1.99. The van der Waals surface area contributed by atoms with E-state index in [-0.39, 0.29) is 0 Å². The van der Waals surface area contributed by atoms with Gasteiger partial charge in [-0.3, -0.25) is 0 Å². The van der Waals surface area contributed by atoms with E-state index >= 15 is 0 Å². The smallest absolute Gasteiger partial charge is 0.0355 e. The Morgan fingerprint density at radius 2 is 2.21 bits per heavy atom. The molecule has 1 aliphatic carbocycles. The van der Waals surface area contributed by atoms with Crippen LogP contribution in [0, 0.1) is 5.41 Å². The fraction of sp³-hybridized carbons (Fsp3) is 0.235. The summed E-state index contributed by atoms with van der Waals surface area (Å²) in [7, 11) is 0. The van der Waals surface area contributed by atoms with E-state index in [1.165, 1.54) is 31.6 Å². The highest BCUT2D eigenvalue weighted by molar-refractivity contribution is 7.17. The molecule has 19 heavy (non-hydrogen) atoms. The van der Waals surface area contributed by atoms with Gasteiger partial charge in [-0.05, 0) is 54.0 Å². The van der Waals surface area contributed by atoms with Crippen molar-refractivity contribution in [3.63, 3.8) is 0 Å². The van der Waals surface area contributed by atoms with Gasteiger partial charge >= 0.3 is 0 Å². The van der Waals surface area contributed by atoms with E-state index in [9.17, 15) is 0 Å². The zero-order valence-corrected chi connectivity index (χ0v) is 11.9. The number of allylic oxidation sites excluding steroid dienone is 2. The fourth-order valence-corrected chi connectivity index (χ4v) is 3.86. The first-order valence-corrected chi connectivity index (χ1v) is 7.48. The third kappa shape index (κ3) is 2.28. The minimum Gasteiger partial charge on any atom is -0.308 e. The first-order chi connectivity index (χ1) is 9.29. The van der Waals surface area contributed by atoms with Crippen molar-refractivity contribution in [3.8, 4) is 0 Å². The lowest BCUT2D eigenvalue weighted by molar-refractivity contribution is 1.05. The first-order valence-electron chi connectivity index (χ1n) is 6.66. The van der Waals surface area contributed by atoms with Gasteiger partial charge in [-0.1, -0.05) is 30.4 Å². The van der Waals surface area contributed by atoms with Gasteiger partial charge in [0.25, 0.3) is 0 Å². The average Bonchev–Trinajstić information content (AvgIpc) is 2.84. The lowest BCUT2D eigenvalue weighted by Crippen LogP contribution is -2.24. The van der Waals surface area contributed by atoms with Crippen molar-refractivity contribution in [2.45, 2.75) is 26.2 Å². The van der Waals surface area contributed by atoms with Crippen molar-refractivity contribution in [1.29, 1.82) is 5.41 Å². The Bertz CT molecular complexity index is 777. The molecule has 1 heterocycles. The number of hydrogen-bond acceptors (Lipinski definition) is 2. The highest BCUT2D eigenvalue weighted by Gasteiger charge is 2.08. The molecule has 0 amide bonds. The van der Waals surface area contributed by atoms with Crippen LogP contribution in [0.25, 0.3) is 21.7 Å². The Kier molecular flexibility index (Phi) is 3.34. The van der Waals surface area contributed by atoms with Crippen LogP contribution >= 0.6 is 11.3 Å². The molecule has 1 nitrogen and oxygen atoms in total. The molecule has 0 spiro atoms. The molecule has 1 aliphatic rings. The highest BCUT2D eigenvalue weighted by atomic mass is 32.1. The molecule has 0 aliphatic heterocycles. The van der Waals surface area contributed by atoms with Crippen molar-refractivity contribution in [1.82, 2.24) is 0 Å². The normalized spacial score (nSPS) is 15.2. The predicted molar refractivity (Wildman–Crippen MR) is 85.3 cm³/mol. The van der Waals surface area contributed by atoms with E-state index in [1.54, 1.807) is 0 Å². The minimum atomic E-state index is 0.981. The quantitative estimate of drug-likeness (QED) is 0.821. The van der Waals surface area contributed by atoms with Crippen LogP contribution in [0.1, 0.15) is 26.2 Å². The largest absolute Gasteiger partial charge is 0.308 e. The maximum absolute atomic E-state index is 7.25. The molecule has 96 valence electrons. The Morgan fingerprint density at radius 1 is 1.37 bits per heavy atom. The number of nitrogens with one attached hydrogen (secondary N) is 1. The summed E-state index contributed by atoms with van der Waals surface area (Å²) < 4.78 is 2.84. The Hall–Kier alpha value is -1.67. The average molecular weight is 267 g/mol. The van der Waals surface area contributed by atoms with Crippen molar-refractivity contribution in [3.05, 3.63) is 45.7 Å². The second kappa shape index (κ2) is 5.14. The zero-order chi connectivity index (χ0) is 13.2. The number of fused-ring (bicyclic) bond motifs is 3. The summed E-state index contributed by atoms with van der Waals surface area (Å²) in [5, 5.41) is 10.1.